The zero-order valence-electron chi connectivity index (χ0n) is 30.1. The fourth-order valence-corrected chi connectivity index (χ4v) is 15.1. The van der Waals surface area contributed by atoms with Gasteiger partial charge in [0.25, 0.3) is 0 Å². The zero-order chi connectivity index (χ0) is 33.2. The van der Waals surface area contributed by atoms with Gasteiger partial charge in [-0.1, -0.05) is 0 Å². The first-order valence-corrected chi connectivity index (χ1v) is 21.3. The van der Waals surface area contributed by atoms with Crippen LogP contribution in [0.1, 0.15) is 158 Å². The average Bonchev–Trinajstić information content (AvgIpc) is 3.00. The number of ketones is 1. The summed E-state index contributed by atoms with van der Waals surface area (Å²) in [6, 6.07) is 2.31. The predicted octanol–water partition coefficient (Wildman–Crippen LogP) is 7.04. The molecular weight excluding hydrogens is 679 g/mol. The summed E-state index contributed by atoms with van der Waals surface area (Å²) in [6.45, 7) is 16.5. The van der Waals surface area contributed by atoms with Crippen molar-refractivity contribution in [3.05, 3.63) is 23.3 Å². The molecule has 0 aliphatic heterocycles. The molecule has 4 saturated carbocycles. The number of allylic oxidation sites excluding steroid dienone is 4. The minimum atomic E-state index is -0.522. The van der Waals surface area contributed by atoms with Gasteiger partial charge in [0.15, 0.2) is 0 Å². The third-order valence-electron chi connectivity index (χ3n) is 15.4. The second-order valence-corrected chi connectivity index (χ2v) is 21.6. The Morgan fingerprint density at radius 1 is 0.848 bits per heavy atom. The predicted molar refractivity (Wildman–Crippen MR) is 182 cm³/mol. The number of carbonyl (C=O) groups excluding carboxylic acids is 2. The number of nitrogens with zero attached hydrogens (tertiary/aromatic N) is 1. The Labute approximate surface area is 291 Å². The monoisotopic (exact) mass is 741 g/mol. The molecule has 1 amide bonds. The van der Waals surface area contributed by atoms with Crippen molar-refractivity contribution in [1.82, 2.24) is 3.53 Å². The summed E-state index contributed by atoms with van der Waals surface area (Å²) in [7, 11) is 0. The fraction of sp³-hybridized carbons (Fsp3) is 0.829. The number of amides is 1. The quantitative estimate of drug-likeness (QED) is 0.146. The van der Waals surface area contributed by atoms with Gasteiger partial charge in [0, 0.05) is 0 Å². The van der Waals surface area contributed by atoms with E-state index in [1.807, 2.05) is 0 Å². The van der Waals surface area contributed by atoms with Crippen molar-refractivity contribution < 1.29 is 31.1 Å². The number of hydrogen-bond donors (Lipinski definition) is 1. The molecule has 0 spiro atoms. The van der Waals surface area contributed by atoms with Gasteiger partial charge in [-0.25, -0.2) is 0 Å². The summed E-state index contributed by atoms with van der Waals surface area (Å²) in [5.41, 5.74) is 1.29. The van der Waals surface area contributed by atoms with E-state index in [0.29, 0.717) is 23.3 Å². The third-order valence-corrected chi connectivity index (χ3v) is 18.3. The molecule has 7 atom stereocenters. The van der Waals surface area contributed by atoms with Gasteiger partial charge in [0.1, 0.15) is 0 Å². The van der Waals surface area contributed by atoms with E-state index in [9.17, 15) is 14.9 Å². The van der Waals surface area contributed by atoms with Crippen LogP contribution in [0.3, 0.4) is 0 Å². The van der Waals surface area contributed by atoms with Gasteiger partial charge in [-0.2, -0.15) is 5.26 Å². The van der Waals surface area contributed by atoms with Gasteiger partial charge in [0.2, 0.25) is 0 Å². The van der Waals surface area contributed by atoms with Crippen LogP contribution in [-0.2, 0) is 9.59 Å². The fourth-order valence-electron chi connectivity index (χ4n) is 12.3. The van der Waals surface area contributed by atoms with Gasteiger partial charge in [-0.15, -0.1) is 0 Å². The maximum absolute atomic E-state index is 14.7. The van der Waals surface area contributed by atoms with Crippen LogP contribution in [0.4, 0.5) is 0 Å². The Kier molecular flexibility index (Phi) is 9.29. The first-order chi connectivity index (χ1) is 21.6. The molecule has 6 aliphatic carbocycles. The topological polar surface area (TPSA) is 70.0 Å². The number of hydrogen-bond acceptors (Lipinski definition) is 3. The number of halogens is 1. The number of alkyl halides is 1. The molecule has 0 saturated heterocycles. The Hall–Kier alpha value is -1.16. The van der Waals surface area contributed by atoms with Crippen LogP contribution in [0.2, 0.25) is 0 Å². The van der Waals surface area contributed by atoms with E-state index in [1.165, 1.54) is 57.8 Å². The molecule has 1 N–H and O–H groups in total. The van der Waals surface area contributed by atoms with Crippen molar-refractivity contribution in [3.63, 3.8) is 0 Å². The molecule has 0 aromatic carbocycles. The average molecular weight is 742 g/mol. The van der Waals surface area contributed by atoms with Crippen molar-refractivity contribution in [1.29, 1.82) is 5.26 Å². The number of carbonyl (C=O) groups is 2. The number of fused-ring (bicyclic) bond motifs is 7. The Balaban J connectivity index is 1.32. The van der Waals surface area contributed by atoms with E-state index >= 15 is 0 Å². The molecule has 6 aliphatic rings. The molecule has 0 aromatic rings. The van der Waals surface area contributed by atoms with Crippen LogP contribution < -0.4 is 25.0 Å². The molecule has 4 nitrogen and oxygen atoms in total. The van der Waals surface area contributed by atoms with Crippen LogP contribution in [0.5, 0.6) is 0 Å². The van der Waals surface area contributed by atoms with Gasteiger partial charge in [-0.3, -0.25) is 4.79 Å². The molecule has 4 fully saturated rings. The molecular formula is C41H62IN2O2-. The van der Waals surface area contributed by atoms with Crippen molar-refractivity contribution in [2.45, 2.75) is 162 Å². The summed E-state index contributed by atoms with van der Waals surface area (Å²) in [4.78, 5) is 28.1. The molecule has 5 heteroatoms. The minimum absolute atomic E-state index is 0.0172. The number of rotatable bonds is 3. The van der Waals surface area contributed by atoms with Crippen molar-refractivity contribution in [2.75, 3.05) is 0 Å². The van der Waals surface area contributed by atoms with E-state index in [0.717, 1.165) is 55.3 Å². The van der Waals surface area contributed by atoms with E-state index in [-0.39, 0.29) is 60.3 Å². The van der Waals surface area contributed by atoms with Crippen LogP contribution in [0, 0.1) is 61.6 Å². The first kappa shape index (κ1) is 34.7. The second-order valence-electron chi connectivity index (χ2n) is 18.6. The second kappa shape index (κ2) is 12.3. The summed E-state index contributed by atoms with van der Waals surface area (Å²) in [5, 5.41) is 10.0. The van der Waals surface area contributed by atoms with Crippen molar-refractivity contribution in [3.8, 4) is 6.07 Å². The van der Waals surface area contributed by atoms with Crippen LogP contribution in [0.15, 0.2) is 23.3 Å². The van der Waals surface area contributed by atoms with Crippen LogP contribution >= 0.6 is 0 Å². The molecule has 256 valence electrons. The SMILES string of the molecule is CC1(C)CCC2(C(=O)N[I-]C3CCCCCCCCC3)CC[C@]3(C)C(=CCC4[C@@]5(C)C=C(C#N)C(=O)C(C)(C)[C@@H]5CC[C@]43C)[C@@H]2C1. The van der Waals surface area contributed by atoms with Crippen LogP contribution in [-0.4, -0.2) is 15.6 Å². The number of nitrogens with one attached hydrogen (secondary N) is 1. The molecule has 46 heavy (non-hydrogen) atoms. The molecule has 0 radical (unpaired) electrons. The summed E-state index contributed by atoms with van der Waals surface area (Å²) >= 11 is -0.350. The van der Waals surface area contributed by atoms with E-state index < -0.39 is 5.41 Å². The third kappa shape index (κ3) is 5.40. The van der Waals surface area contributed by atoms with Gasteiger partial charge in [0.05, 0.1) is 0 Å². The standard InChI is InChI=1S/C41H62IN2O2/c1-36(2)21-23-41(35(46)44-42-29-15-13-11-9-8-10-12-14-16-29)24-22-39(6)30(31(41)26-36)17-18-33-38(5)25-28(27-43)34(45)37(3,4)32(38)19-20-40(33,39)7/h17,25,29,31-33H,8-16,18-24,26H2,1-7H3,(H,44,46)/q-1/t31-,32-,33?,38-,39+,40+,41?/m0/s1. The number of nitriles is 1. The van der Waals surface area contributed by atoms with Gasteiger partial charge in [-0.05, 0) is 0 Å². The van der Waals surface area contributed by atoms with Crippen molar-refractivity contribution >= 4 is 11.7 Å². The zero-order valence-corrected chi connectivity index (χ0v) is 32.3. The molecule has 0 bridgehead atoms. The first-order valence-electron chi connectivity index (χ1n) is 19.0. The molecule has 0 heterocycles. The Bertz CT molecular complexity index is 1330. The molecule has 6 rings (SSSR count). The summed E-state index contributed by atoms with van der Waals surface area (Å²) < 4.78 is 4.47. The number of Topliss-reactive ketones (excluding diaryl/α,β-unsaturated/α-hetero) is 1. The summed E-state index contributed by atoms with van der Waals surface area (Å²) in [5.74, 6) is 1.36. The van der Waals surface area contributed by atoms with Crippen LogP contribution in [0.25, 0.3) is 0 Å². The van der Waals surface area contributed by atoms with E-state index in [4.69, 9.17) is 0 Å². The Morgan fingerprint density at radius 2 is 1.48 bits per heavy atom. The van der Waals surface area contributed by atoms with E-state index in [1.54, 1.807) is 5.57 Å². The maximum atomic E-state index is 14.7. The summed E-state index contributed by atoms with van der Waals surface area (Å²) in [6.07, 6.45) is 25.3. The normalized spacial score (nSPS) is 42.6. The molecule has 0 aromatic heterocycles. The molecule has 2 unspecified atom stereocenters. The van der Waals surface area contributed by atoms with Gasteiger partial charge >= 0.3 is 283 Å². The van der Waals surface area contributed by atoms with E-state index in [2.05, 4.69) is 70.2 Å². The van der Waals surface area contributed by atoms with Crippen molar-refractivity contribution in [2.24, 2.45) is 50.2 Å². The Morgan fingerprint density at radius 3 is 2.13 bits per heavy atom. The van der Waals surface area contributed by atoms with Gasteiger partial charge < -0.3 is 0 Å².